The number of thiazole rings is 1. The van der Waals surface area contributed by atoms with Gasteiger partial charge in [-0.25, -0.2) is 9.37 Å². The Morgan fingerprint density at radius 3 is 2.89 bits per heavy atom. The van der Waals surface area contributed by atoms with Gasteiger partial charge in [-0.2, -0.15) is 0 Å². The molecule has 0 bridgehead atoms. The van der Waals surface area contributed by atoms with Crippen molar-refractivity contribution < 1.29 is 9.13 Å². The number of hydrogen-bond donors (Lipinski definition) is 1. The quantitative estimate of drug-likeness (QED) is 0.876. The van der Waals surface area contributed by atoms with Crippen molar-refractivity contribution in [1.29, 1.82) is 0 Å². The molecule has 0 amide bonds. The molecule has 3 nitrogen and oxygen atoms in total. The first-order chi connectivity index (χ1) is 8.56. The summed E-state index contributed by atoms with van der Waals surface area (Å²) in [5.41, 5.74) is 6.55. The molecule has 0 unspecified atom stereocenters. The number of aromatic nitrogens is 1. The van der Waals surface area contributed by atoms with Crippen molar-refractivity contribution >= 4 is 28.5 Å². The summed E-state index contributed by atoms with van der Waals surface area (Å²) in [7, 11) is 0. The molecule has 18 heavy (non-hydrogen) atoms. The van der Waals surface area contributed by atoms with Gasteiger partial charge in [0, 0.05) is 22.7 Å². The second-order valence-electron chi connectivity index (χ2n) is 3.68. The fourth-order valence-electron chi connectivity index (χ4n) is 1.40. The Labute approximate surface area is 113 Å². The number of thiocarbonyl (C=S) groups is 1. The topological polar surface area (TPSA) is 48.1 Å². The Morgan fingerprint density at radius 1 is 1.56 bits per heavy atom. The molecule has 0 aliphatic heterocycles. The van der Waals surface area contributed by atoms with E-state index in [1.54, 1.807) is 6.07 Å². The van der Waals surface area contributed by atoms with Crippen molar-refractivity contribution in [2.45, 2.75) is 13.5 Å². The van der Waals surface area contributed by atoms with Gasteiger partial charge in [0.25, 0.3) is 0 Å². The van der Waals surface area contributed by atoms with E-state index in [9.17, 15) is 4.39 Å². The maximum absolute atomic E-state index is 13.6. The van der Waals surface area contributed by atoms with Crippen molar-refractivity contribution in [3.63, 3.8) is 0 Å². The number of ether oxygens (including phenoxy) is 1. The van der Waals surface area contributed by atoms with Crippen LogP contribution in [0.25, 0.3) is 0 Å². The van der Waals surface area contributed by atoms with Crippen LogP contribution in [0.15, 0.2) is 23.6 Å². The number of hydrogen-bond acceptors (Lipinski definition) is 4. The van der Waals surface area contributed by atoms with E-state index >= 15 is 0 Å². The standard InChI is InChI=1S/C12H11FN2OS2/c1-7-6-18-11(15-7)5-16-8-2-3-9(12(14)17)10(13)4-8/h2-4,6H,5H2,1H3,(H2,14,17). The summed E-state index contributed by atoms with van der Waals surface area (Å²) in [6, 6.07) is 4.42. The van der Waals surface area contributed by atoms with Gasteiger partial charge in [-0.05, 0) is 19.1 Å². The molecule has 1 aromatic heterocycles. The van der Waals surface area contributed by atoms with E-state index in [1.165, 1.54) is 23.5 Å². The summed E-state index contributed by atoms with van der Waals surface area (Å²) in [5, 5.41) is 2.79. The van der Waals surface area contributed by atoms with Gasteiger partial charge in [0.05, 0.1) is 0 Å². The number of nitrogens with zero attached hydrogens (tertiary/aromatic N) is 1. The fourth-order valence-corrected chi connectivity index (χ4v) is 2.25. The molecule has 2 rings (SSSR count). The van der Waals surface area contributed by atoms with Gasteiger partial charge in [0.2, 0.25) is 0 Å². The highest BCUT2D eigenvalue weighted by Crippen LogP contribution is 2.19. The SMILES string of the molecule is Cc1csc(COc2ccc(C(N)=S)c(F)c2)n1. The van der Waals surface area contributed by atoms with Crippen molar-refractivity contribution in [2.24, 2.45) is 5.73 Å². The second kappa shape index (κ2) is 5.41. The smallest absolute Gasteiger partial charge is 0.140 e. The maximum atomic E-state index is 13.6. The minimum absolute atomic E-state index is 0.0367. The Bertz CT molecular complexity index is 583. The third-order valence-corrected chi connectivity index (χ3v) is 3.39. The van der Waals surface area contributed by atoms with Crippen LogP contribution >= 0.6 is 23.6 Å². The van der Waals surface area contributed by atoms with E-state index in [-0.39, 0.29) is 10.6 Å². The third-order valence-electron chi connectivity index (χ3n) is 2.23. The Morgan fingerprint density at radius 2 is 2.33 bits per heavy atom. The van der Waals surface area contributed by atoms with E-state index in [0.717, 1.165) is 10.7 Å². The van der Waals surface area contributed by atoms with Crippen LogP contribution in [0.4, 0.5) is 4.39 Å². The molecule has 2 N–H and O–H groups in total. The molecule has 2 aromatic rings. The van der Waals surface area contributed by atoms with Crippen molar-refractivity contribution in [3.05, 3.63) is 45.7 Å². The first-order valence-electron chi connectivity index (χ1n) is 5.19. The minimum Gasteiger partial charge on any atom is -0.486 e. The van der Waals surface area contributed by atoms with Crippen LogP contribution in [0.2, 0.25) is 0 Å². The molecule has 0 radical (unpaired) electrons. The first-order valence-corrected chi connectivity index (χ1v) is 6.48. The predicted molar refractivity (Wildman–Crippen MR) is 73.5 cm³/mol. The summed E-state index contributed by atoms with van der Waals surface area (Å²) in [5.74, 6) is -0.0457. The lowest BCUT2D eigenvalue weighted by Crippen LogP contribution is -2.11. The highest BCUT2D eigenvalue weighted by atomic mass is 32.1. The maximum Gasteiger partial charge on any atom is 0.140 e. The third kappa shape index (κ3) is 3.02. The number of benzene rings is 1. The Balaban J connectivity index is 2.06. The number of rotatable bonds is 4. The van der Waals surface area contributed by atoms with E-state index in [2.05, 4.69) is 4.98 Å². The van der Waals surface area contributed by atoms with Gasteiger partial charge >= 0.3 is 0 Å². The zero-order chi connectivity index (χ0) is 13.1. The van der Waals surface area contributed by atoms with Crippen molar-refractivity contribution in [3.8, 4) is 5.75 Å². The lowest BCUT2D eigenvalue weighted by Gasteiger charge is -2.06. The molecule has 0 atom stereocenters. The fraction of sp³-hybridized carbons (Fsp3) is 0.167. The lowest BCUT2D eigenvalue weighted by molar-refractivity contribution is 0.304. The van der Waals surface area contributed by atoms with Crippen LogP contribution in [-0.2, 0) is 6.61 Å². The lowest BCUT2D eigenvalue weighted by atomic mass is 10.2. The van der Waals surface area contributed by atoms with Gasteiger partial charge in [0.15, 0.2) is 0 Å². The monoisotopic (exact) mass is 282 g/mol. The molecule has 0 fully saturated rings. The van der Waals surface area contributed by atoms with E-state index in [1.807, 2.05) is 12.3 Å². The zero-order valence-electron chi connectivity index (χ0n) is 9.64. The number of nitrogens with two attached hydrogens (primary N) is 1. The van der Waals surface area contributed by atoms with Crippen LogP contribution in [0.1, 0.15) is 16.3 Å². The molecule has 94 valence electrons. The summed E-state index contributed by atoms with van der Waals surface area (Å²) < 4.78 is 19.0. The highest BCUT2D eigenvalue weighted by molar-refractivity contribution is 7.80. The number of aryl methyl sites for hydroxylation is 1. The zero-order valence-corrected chi connectivity index (χ0v) is 11.3. The summed E-state index contributed by atoms with van der Waals surface area (Å²) in [6.45, 7) is 2.24. The van der Waals surface area contributed by atoms with Crippen molar-refractivity contribution in [1.82, 2.24) is 4.98 Å². The van der Waals surface area contributed by atoms with Gasteiger partial charge < -0.3 is 10.5 Å². The van der Waals surface area contributed by atoms with Crippen LogP contribution in [0, 0.1) is 12.7 Å². The molecule has 6 heteroatoms. The molecular weight excluding hydrogens is 271 g/mol. The molecule has 0 saturated heterocycles. The van der Waals surface area contributed by atoms with Crippen molar-refractivity contribution in [2.75, 3.05) is 0 Å². The van der Waals surface area contributed by atoms with Crippen LogP contribution in [0.3, 0.4) is 0 Å². The van der Waals surface area contributed by atoms with Crippen LogP contribution in [0.5, 0.6) is 5.75 Å². The molecular formula is C12H11FN2OS2. The molecule has 0 aliphatic carbocycles. The van der Waals surface area contributed by atoms with E-state index in [0.29, 0.717) is 12.4 Å². The number of halogens is 1. The van der Waals surface area contributed by atoms with Crippen LogP contribution in [-0.4, -0.2) is 9.97 Å². The summed E-state index contributed by atoms with van der Waals surface area (Å²) in [6.07, 6.45) is 0. The minimum atomic E-state index is -0.477. The molecule has 0 spiro atoms. The summed E-state index contributed by atoms with van der Waals surface area (Å²) in [4.78, 5) is 4.29. The van der Waals surface area contributed by atoms with Gasteiger partial charge in [0.1, 0.15) is 28.2 Å². The summed E-state index contributed by atoms with van der Waals surface area (Å²) >= 11 is 6.24. The molecule has 1 heterocycles. The average Bonchev–Trinajstić information content (AvgIpc) is 2.72. The normalized spacial score (nSPS) is 10.3. The molecule has 0 aliphatic rings. The average molecular weight is 282 g/mol. The van der Waals surface area contributed by atoms with Gasteiger partial charge in [-0.3, -0.25) is 0 Å². The molecule has 1 aromatic carbocycles. The largest absolute Gasteiger partial charge is 0.486 e. The van der Waals surface area contributed by atoms with Gasteiger partial charge in [-0.15, -0.1) is 11.3 Å². The molecule has 0 saturated carbocycles. The first kappa shape index (κ1) is 12.9. The Kier molecular flexibility index (Phi) is 3.88. The van der Waals surface area contributed by atoms with Gasteiger partial charge in [-0.1, -0.05) is 12.2 Å². The Hall–Kier alpha value is -1.53. The highest BCUT2D eigenvalue weighted by Gasteiger charge is 2.07. The predicted octanol–water partition coefficient (Wildman–Crippen LogP) is 2.80. The second-order valence-corrected chi connectivity index (χ2v) is 5.06. The van der Waals surface area contributed by atoms with E-state index < -0.39 is 5.82 Å². The van der Waals surface area contributed by atoms with E-state index in [4.69, 9.17) is 22.7 Å². The van der Waals surface area contributed by atoms with Crippen LogP contribution < -0.4 is 10.5 Å².